The minimum Gasteiger partial charge on any atom is -0.495 e. The van der Waals surface area contributed by atoms with Crippen molar-refractivity contribution in [3.8, 4) is 22.6 Å². The molecule has 1 aromatic carbocycles. The first kappa shape index (κ1) is 15.1. The molecule has 1 N–H and O–H groups in total. The number of hydrogen-bond acceptors (Lipinski definition) is 4. The fourth-order valence-corrected chi connectivity index (χ4v) is 1.94. The predicted molar refractivity (Wildman–Crippen MR) is 68.8 cm³/mol. The Labute approximate surface area is 118 Å². The summed E-state index contributed by atoms with van der Waals surface area (Å²) in [5.41, 5.74) is 0.827. The molecule has 112 valence electrons. The maximum absolute atomic E-state index is 12.5. The Morgan fingerprint density at radius 1 is 1.10 bits per heavy atom. The monoisotopic (exact) mass is 299 g/mol. The molecule has 0 spiro atoms. The van der Waals surface area contributed by atoms with E-state index in [0.29, 0.717) is 11.1 Å². The van der Waals surface area contributed by atoms with Gasteiger partial charge in [-0.25, -0.2) is 0 Å². The number of alkyl halides is 3. The number of methoxy groups -OCH3 is 1. The predicted octanol–water partition coefficient (Wildman–Crippen LogP) is 3.15. The number of aliphatic hydroxyl groups excluding tert-OH is 1. The topological polar surface area (TPSA) is 51.6 Å². The minimum absolute atomic E-state index is 0.172. The Kier molecular flexibility index (Phi) is 4.32. The Balaban J connectivity index is 2.57. The van der Waals surface area contributed by atoms with Gasteiger partial charge < -0.3 is 14.6 Å². The van der Waals surface area contributed by atoms with Crippen LogP contribution in [0.1, 0.15) is 5.56 Å². The van der Waals surface area contributed by atoms with Crippen LogP contribution in [0.3, 0.4) is 0 Å². The van der Waals surface area contributed by atoms with E-state index in [2.05, 4.69) is 9.72 Å². The molecular weight excluding hydrogens is 287 g/mol. The maximum atomic E-state index is 12.5. The lowest BCUT2D eigenvalue weighted by Gasteiger charge is -2.16. The third kappa shape index (κ3) is 3.43. The quantitative estimate of drug-likeness (QED) is 0.942. The molecule has 1 aromatic heterocycles. The number of pyridine rings is 1. The molecule has 0 aliphatic rings. The Morgan fingerprint density at radius 2 is 1.81 bits per heavy atom. The second-order valence-corrected chi connectivity index (χ2v) is 4.07. The number of rotatable bonds is 4. The number of para-hydroxylation sites is 1. The molecule has 0 aliphatic heterocycles. The first-order valence-corrected chi connectivity index (χ1v) is 5.93. The molecule has 0 aliphatic carbocycles. The molecule has 0 saturated carbocycles. The highest BCUT2D eigenvalue weighted by atomic mass is 19.4. The number of benzene rings is 1. The van der Waals surface area contributed by atoms with E-state index >= 15 is 0 Å². The van der Waals surface area contributed by atoms with E-state index in [1.54, 1.807) is 6.07 Å². The average molecular weight is 299 g/mol. The van der Waals surface area contributed by atoms with E-state index in [0.717, 1.165) is 0 Å². The third-order valence-corrected chi connectivity index (χ3v) is 2.80. The van der Waals surface area contributed by atoms with Crippen molar-refractivity contribution in [2.24, 2.45) is 0 Å². The molecule has 7 heteroatoms. The molecule has 4 nitrogen and oxygen atoms in total. The van der Waals surface area contributed by atoms with Crippen molar-refractivity contribution in [1.82, 2.24) is 4.98 Å². The van der Waals surface area contributed by atoms with Crippen LogP contribution in [0.15, 0.2) is 36.7 Å². The lowest BCUT2D eigenvalue weighted by molar-refractivity contribution is -0.274. The molecule has 2 rings (SSSR count). The molecular formula is C14H12F3NO3. The Bertz CT molecular complexity index is 629. The molecule has 0 saturated heterocycles. The van der Waals surface area contributed by atoms with Gasteiger partial charge in [0.1, 0.15) is 11.5 Å². The van der Waals surface area contributed by atoms with Crippen LogP contribution in [0.25, 0.3) is 11.1 Å². The summed E-state index contributed by atoms with van der Waals surface area (Å²) in [6.07, 6.45) is -2.07. The highest BCUT2D eigenvalue weighted by Crippen LogP contribution is 2.37. The van der Waals surface area contributed by atoms with Crippen molar-refractivity contribution >= 4 is 0 Å². The number of halogens is 3. The molecule has 0 radical (unpaired) electrons. The number of nitrogens with zero attached hydrogens (tertiary/aromatic N) is 1. The van der Waals surface area contributed by atoms with Gasteiger partial charge in [-0.05, 0) is 6.07 Å². The van der Waals surface area contributed by atoms with Crippen molar-refractivity contribution < 1.29 is 27.8 Å². The van der Waals surface area contributed by atoms with Crippen LogP contribution in [-0.2, 0) is 6.61 Å². The van der Waals surface area contributed by atoms with Crippen LogP contribution < -0.4 is 9.47 Å². The van der Waals surface area contributed by atoms with Crippen molar-refractivity contribution in [1.29, 1.82) is 0 Å². The summed E-state index contributed by atoms with van der Waals surface area (Å²) in [5, 5.41) is 9.44. The number of aliphatic hydroxyl groups is 1. The van der Waals surface area contributed by atoms with E-state index in [9.17, 15) is 18.3 Å². The fourth-order valence-electron chi connectivity index (χ4n) is 1.94. The highest BCUT2D eigenvalue weighted by Gasteiger charge is 2.32. The smallest absolute Gasteiger partial charge is 0.495 e. The Hall–Kier alpha value is -2.28. The van der Waals surface area contributed by atoms with Gasteiger partial charge in [0.25, 0.3) is 0 Å². The summed E-state index contributed by atoms with van der Waals surface area (Å²) in [6.45, 7) is -0.401. The maximum Gasteiger partial charge on any atom is 0.573 e. The van der Waals surface area contributed by atoms with E-state index in [-0.39, 0.29) is 17.1 Å². The van der Waals surface area contributed by atoms with Crippen molar-refractivity contribution in [3.05, 3.63) is 42.2 Å². The van der Waals surface area contributed by atoms with Crippen molar-refractivity contribution in [2.75, 3.05) is 7.11 Å². The van der Waals surface area contributed by atoms with Crippen LogP contribution in [0.2, 0.25) is 0 Å². The van der Waals surface area contributed by atoms with Crippen LogP contribution in [-0.4, -0.2) is 23.6 Å². The zero-order valence-corrected chi connectivity index (χ0v) is 11.0. The van der Waals surface area contributed by atoms with Gasteiger partial charge in [0.15, 0.2) is 0 Å². The summed E-state index contributed by atoms with van der Waals surface area (Å²) in [4.78, 5) is 3.91. The van der Waals surface area contributed by atoms with Gasteiger partial charge in [0, 0.05) is 22.9 Å². The molecule has 21 heavy (non-hydrogen) atoms. The van der Waals surface area contributed by atoms with Gasteiger partial charge in [0.05, 0.1) is 19.9 Å². The third-order valence-electron chi connectivity index (χ3n) is 2.80. The lowest BCUT2D eigenvalue weighted by atomic mass is 10.0. The van der Waals surface area contributed by atoms with Gasteiger partial charge in [-0.1, -0.05) is 18.2 Å². The van der Waals surface area contributed by atoms with Gasteiger partial charge in [-0.2, -0.15) is 0 Å². The second kappa shape index (κ2) is 6.01. The largest absolute Gasteiger partial charge is 0.573 e. The van der Waals surface area contributed by atoms with Gasteiger partial charge in [-0.15, -0.1) is 13.2 Å². The zero-order valence-electron chi connectivity index (χ0n) is 11.0. The summed E-state index contributed by atoms with van der Waals surface area (Å²) in [7, 11) is 1.39. The van der Waals surface area contributed by atoms with E-state index in [1.165, 1.54) is 37.7 Å². The van der Waals surface area contributed by atoms with Gasteiger partial charge in [0.2, 0.25) is 0 Å². The van der Waals surface area contributed by atoms with Crippen LogP contribution in [0, 0.1) is 0 Å². The van der Waals surface area contributed by atoms with Crippen LogP contribution in [0.5, 0.6) is 11.5 Å². The Morgan fingerprint density at radius 3 is 2.43 bits per heavy atom. The molecule has 0 bridgehead atoms. The first-order valence-electron chi connectivity index (χ1n) is 5.93. The molecule has 2 aromatic rings. The lowest BCUT2D eigenvalue weighted by Crippen LogP contribution is -2.17. The van der Waals surface area contributed by atoms with E-state index in [4.69, 9.17) is 4.74 Å². The van der Waals surface area contributed by atoms with Crippen LogP contribution >= 0.6 is 0 Å². The zero-order chi connectivity index (χ0) is 15.5. The number of ether oxygens (including phenoxy) is 2. The SMILES string of the molecule is COc1cncc(-c2ccccc2OC(F)(F)F)c1CO. The minimum atomic E-state index is -4.80. The second-order valence-electron chi connectivity index (χ2n) is 4.07. The van der Waals surface area contributed by atoms with Gasteiger partial charge in [-0.3, -0.25) is 4.98 Å². The molecule has 1 heterocycles. The van der Waals surface area contributed by atoms with Crippen molar-refractivity contribution in [3.63, 3.8) is 0 Å². The standard InChI is InChI=1S/C14H12F3NO3/c1-20-13-7-18-6-10(11(13)8-19)9-4-2-3-5-12(9)21-14(15,16)17/h2-7,19H,8H2,1H3. The summed E-state index contributed by atoms with van der Waals surface area (Å²) < 4.78 is 46.4. The molecule has 0 fully saturated rings. The summed E-state index contributed by atoms with van der Waals surface area (Å²) in [6, 6.07) is 5.65. The van der Waals surface area contributed by atoms with Gasteiger partial charge >= 0.3 is 6.36 Å². The number of hydrogen-bond donors (Lipinski definition) is 1. The number of aromatic nitrogens is 1. The summed E-state index contributed by atoms with van der Waals surface area (Å²) >= 11 is 0. The molecule has 0 atom stereocenters. The van der Waals surface area contributed by atoms with Crippen LogP contribution in [0.4, 0.5) is 13.2 Å². The fraction of sp³-hybridized carbons (Fsp3) is 0.214. The highest BCUT2D eigenvalue weighted by molar-refractivity contribution is 5.74. The normalized spacial score (nSPS) is 11.3. The van der Waals surface area contributed by atoms with E-state index in [1.807, 2.05) is 0 Å². The first-order chi connectivity index (χ1) is 9.96. The average Bonchev–Trinajstić information content (AvgIpc) is 2.45. The molecule has 0 unspecified atom stereocenters. The molecule has 0 amide bonds. The van der Waals surface area contributed by atoms with E-state index < -0.39 is 13.0 Å². The van der Waals surface area contributed by atoms with Crippen molar-refractivity contribution in [2.45, 2.75) is 13.0 Å². The summed E-state index contributed by atoms with van der Waals surface area (Å²) in [5.74, 6) is -0.0773.